The summed E-state index contributed by atoms with van der Waals surface area (Å²) in [6, 6.07) is 3.85. The maximum atomic E-state index is 11.9. The Bertz CT molecular complexity index is 654. The molecule has 0 radical (unpaired) electrons. The second-order valence-corrected chi connectivity index (χ2v) is 6.37. The van der Waals surface area contributed by atoms with Crippen molar-refractivity contribution in [1.82, 2.24) is 10.6 Å². The number of hydrogen-bond acceptors (Lipinski definition) is 5. The van der Waals surface area contributed by atoms with Gasteiger partial charge in [0.25, 0.3) is 5.91 Å². The van der Waals surface area contributed by atoms with Crippen molar-refractivity contribution in [2.75, 3.05) is 13.2 Å². The van der Waals surface area contributed by atoms with Crippen molar-refractivity contribution in [1.29, 1.82) is 0 Å². The highest BCUT2D eigenvalue weighted by molar-refractivity contribution is 6.35. The first-order valence-electron chi connectivity index (χ1n) is 8.10. The van der Waals surface area contributed by atoms with Gasteiger partial charge in [0.1, 0.15) is 11.8 Å². The van der Waals surface area contributed by atoms with Crippen LogP contribution in [0.3, 0.4) is 0 Å². The van der Waals surface area contributed by atoms with Crippen LogP contribution in [0.4, 0.5) is 0 Å². The average Bonchev–Trinajstić information content (AvgIpc) is 2.59. The molecule has 144 valence electrons. The van der Waals surface area contributed by atoms with E-state index in [9.17, 15) is 14.4 Å². The molecule has 0 aliphatic heterocycles. The van der Waals surface area contributed by atoms with Crippen LogP contribution in [-0.2, 0) is 19.1 Å². The Labute approximate surface area is 162 Å². The Hall–Kier alpha value is -1.99. The molecule has 2 atom stereocenters. The van der Waals surface area contributed by atoms with Gasteiger partial charge < -0.3 is 20.1 Å². The molecule has 0 spiro atoms. The van der Waals surface area contributed by atoms with Crippen molar-refractivity contribution in [3.8, 4) is 5.75 Å². The zero-order chi connectivity index (χ0) is 19.7. The van der Waals surface area contributed by atoms with Gasteiger partial charge in [-0.05, 0) is 38.5 Å². The molecule has 1 rings (SSSR count). The van der Waals surface area contributed by atoms with E-state index in [4.69, 9.17) is 32.7 Å². The van der Waals surface area contributed by atoms with E-state index >= 15 is 0 Å². The summed E-state index contributed by atoms with van der Waals surface area (Å²) in [6.07, 6.45) is -0.189. The number of nitrogens with one attached hydrogen (secondary N) is 2. The standard InChI is InChI=1S/C17H22Cl2N2O5/c1-4-7-20-16(23)10(2)21-15(22)9-25-17(24)11(3)26-14-6-5-12(18)8-13(14)19/h5-6,8,10-11H,4,7,9H2,1-3H3,(H,20,23)(H,21,22)/t10-,11+/m1/s1. The predicted octanol–water partition coefficient (Wildman–Crippen LogP) is 2.33. The monoisotopic (exact) mass is 404 g/mol. The number of benzene rings is 1. The van der Waals surface area contributed by atoms with Gasteiger partial charge in [-0.25, -0.2) is 4.79 Å². The van der Waals surface area contributed by atoms with Crippen LogP contribution in [0.1, 0.15) is 27.2 Å². The number of carbonyl (C=O) groups excluding carboxylic acids is 3. The van der Waals surface area contributed by atoms with Crippen LogP contribution in [-0.4, -0.2) is 43.1 Å². The second-order valence-electron chi connectivity index (χ2n) is 5.52. The Balaban J connectivity index is 2.42. The van der Waals surface area contributed by atoms with Crippen LogP contribution in [0, 0.1) is 0 Å². The van der Waals surface area contributed by atoms with Gasteiger partial charge >= 0.3 is 5.97 Å². The molecule has 0 saturated heterocycles. The van der Waals surface area contributed by atoms with Gasteiger partial charge in [0, 0.05) is 11.6 Å². The summed E-state index contributed by atoms with van der Waals surface area (Å²) in [4.78, 5) is 35.3. The van der Waals surface area contributed by atoms with Crippen molar-refractivity contribution in [2.24, 2.45) is 0 Å². The first-order valence-corrected chi connectivity index (χ1v) is 8.85. The van der Waals surface area contributed by atoms with E-state index in [1.54, 1.807) is 13.0 Å². The largest absolute Gasteiger partial charge is 0.477 e. The number of amides is 2. The summed E-state index contributed by atoms with van der Waals surface area (Å²) in [5, 5.41) is 5.78. The Kier molecular flexibility index (Phi) is 9.23. The number of carbonyl (C=O) groups is 3. The lowest BCUT2D eigenvalue weighted by molar-refractivity contribution is -0.155. The third-order valence-corrected chi connectivity index (χ3v) is 3.73. The van der Waals surface area contributed by atoms with Gasteiger partial charge in [0.15, 0.2) is 12.7 Å². The van der Waals surface area contributed by atoms with Gasteiger partial charge in [0.2, 0.25) is 5.91 Å². The van der Waals surface area contributed by atoms with E-state index in [1.807, 2.05) is 6.92 Å². The molecule has 2 amide bonds. The molecule has 2 N–H and O–H groups in total. The number of esters is 1. The molecule has 9 heteroatoms. The molecule has 0 aromatic heterocycles. The Morgan fingerprint density at radius 1 is 1.19 bits per heavy atom. The highest BCUT2D eigenvalue weighted by atomic mass is 35.5. The van der Waals surface area contributed by atoms with Crippen molar-refractivity contribution >= 4 is 41.0 Å². The third kappa shape index (κ3) is 7.49. The number of halogens is 2. The molecular weight excluding hydrogens is 383 g/mol. The number of rotatable bonds is 9. The molecule has 7 nitrogen and oxygen atoms in total. The van der Waals surface area contributed by atoms with Gasteiger partial charge in [-0.2, -0.15) is 0 Å². The second kappa shape index (κ2) is 10.9. The van der Waals surface area contributed by atoms with E-state index in [-0.39, 0.29) is 16.7 Å². The van der Waals surface area contributed by atoms with Gasteiger partial charge in [0.05, 0.1) is 5.02 Å². The van der Waals surface area contributed by atoms with Crippen molar-refractivity contribution in [2.45, 2.75) is 39.3 Å². The predicted molar refractivity (Wildman–Crippen MR) is 98.4 cm³/mol. The van der Waals surface area contributed by atoms with Crippen molar-refractivity contribution in [3.05, 3.63) is 28.2 Å². The fraction of sp³-hybridized carbons (Fsp3) is 0.471. The fourth-order valence-electron chi connectivity index (χ4n) is 1.81. The zero-order valence-corrected chi connectivity index (χ0v) is 16.3. The maximum absolute atomic E-state index is 11.9. The smallest absolute Gasteiger partial charge is 0.347 e. The SMILES string of the molecule is CCCNC(=O)[C@@H](C)NC(=O)COC(=O)[C@H](C)Oc1ccc(Cl)cc1Cl. The zero-order valence-electron chi connectivity index (χ0n) is 14.8. The molecule has 0 unspecified atom stereocenters. The third-order valence-electron chi connectivity index (χ3n) is 3.20. The number of hydrogen-bond donors (Lipinski definition) is 2. The van der Waals surface area contributed by atoms with Crippen molar-refractivity contribution in [3.63, 3.8) is 0 Å². The molecular formula is C17H22Cl2N2O5. The molecule has 1 aromatic carbocycles. The summed E-state index contributed by atoms with van der Waals surface area (Å²) in [5.74, 6) is -1.37. The van der Waals surface area contributed by atoms with Crippen LogP contribution >= 0.6 is 23.2 Å². The summed E-state index contributed by atoms with van der Waals surface area (Å²) >= 11 is 11.8. The first kappa shape index (κ1) is 22.1. The van der Waals surface area contributed by atoms with E-state index in [0.717, 1.165) is 6.42 Å². The lowest BCUT2D eigenvalue weighted by atomic mass is 10.3. The summed E-state index contributed by atoms with van der Waals surface area (Å²) in [6.45, 7) is 4.93. The summed E-state index contributed by atoms with van der Waals surface area (Å²) in [7, 11) is 0. The normalized spacial score (nSPS) is 12.7. The van der Waals surface area contributed by atoms with Gasteiger partial charge in [-0.15, -0.1) is 0 Å². The lowest BCUT2D eigenvalue weighted by Gasteiger charge is -2.16. The van der Waals surface area contributed by atoms with Crippen LogP contribution in [0.5, 0.6) is 5.75 Å². The van der Waals surface area contributed by atoms with Crippen LogP contribution in [0.25, 0.3) is 0 Å². The molecule has 0 heterocycles. The van der Waals surface area contributed by atoms with E-state index in [2.05, 4.69) is 10.6 Å². The molecule has 26 heavy (non-hydrogen) atoms. The van der Waals surface area contributed by atoms with Gasteiger partial charge in [-0.1, -0.05) is 30.1 Å². The molecule has 0 aliphatic carbocycles. The molecule has 0 bridgehead atoms. The van der Waals surface area contributed by atoms with Crippen LogP contribution in [0.15, 0.2) is 18.2 Å². The minimum absolute atomic E-state index is 0.252. The minimum atomic E-state index is -0.980. The fourth-order valence-corrected chi connectivity index (χ4v) is 2.27. The van der Waals surface area contributed by atoms with Crippen LogP contribution in [0.2, 0.25) is 10.0 Å². The van der Waals surface area contributed by atoms with E-state index < -0.39 is 30.6 Å². The first-order chi connectivity index (χ1) is 12.2. The molecule has 0 saturated carbocycles. The highest BCUT2D eigenvalue weighted by Crippen LogP contribution is 2.28. The van der Waals surface area contributed by atoms with Crippen molar-refractivity contribution < 1.29 is 23.9 Å². The quantitative estimate of drug-likeness (QED) is 0.616. The molecule has 0 aliphatic rings. The Morgan fingerprint density at radius 2 is 1.88 bits per heavy atom. The minimum Gasteiger partial charge on any atom is -0.477 e. The summed E-state index contributed by atoms with van der Waals surface area (Å²) < 4.78 is 10.3. The lowest BCUT2D eigenvalue weighted by Crippen LogP contribution is -2.46. The van der Waals surface area contributed by atoms with Gasteiger partial charge in [-0.3, -0.25) is 9.59 Å². The Morgan fingerprint density at radius 3 is 2.50 bits per heavy atom. The van der Waals surface area contributed by atoms with E-state index in [0.29, 0.717) is 11.6 Å². The highest BCUT2D eigenvalue weighted by Gasteiger charge is 2.20. The summed E-state index contributed by atoms with van der Waals surface area (Å²) in [5.41, 5.74) is 0. The maximum Gasteiger partial charge on any atom is 0.347 e. The number of ether oxygens (including phenoxy) is 2. The molecule has 0 fully saturated rings. The molecule has 1 aromatic rings. The average molecular weight is 405 g/mol. The van der Waals surface area contributed by atoms with Crippen LogP contribution < -0.4 is 15.4 Å². The topological polar surface area (TPSA) is 93.7 Å². The van der Waals surface area contributed by atoms with E-state index in [1.165, 1.54) is 19.1 Å².